The van der Waals surface area contributed by atoms with E-state index in [9.17, 15) is 9.90 Å². The van der Waals surface area contributed by atoms with Crippen LogP contribution in [0, 0.1) is 0 Å². The second-order valence-corrected chi connectivity index (χ2v) is 4.13. The Morgan fingerprint density at radius 2 is 2.19 bits per heavy atom. The Morgan fingerprint density at radius 1 is 1.50 bits per heavy atom. The Balaban J connectivity index is 2.32. The molecule has 1 aromatic rings. The Labute approximate surface area is 93.5 Å². The van der Waals surface area contributed by atoms with Gasteiger partial charge < -0.3 is 14.9 Å². The largest absolute Gasteiger partial charge is 0.497 e. The maximum Gasteiger partial charge on any atom is 0.333 e. The average molecular weight is 222 g/mol. The summed E-state index contributed by atoms with van der Waals surface area (Å²) in [5.41, 5.74) is 0.224. The molecule has 0 radical (unpaired) electrons. The summed E-state index contributed by atoms with van der Waals surface area (Å²) in [5.74, 6) is -0.485. The third-order valence-electron chi connectivity index (χ3n) is 3.19. The van der Waals surface area contributed by atoms with Gasteiger partial charge in [-0.3, -0.25) is 0 Å². The number of aliphatic carboxylic acids is 1. The smallest absolute Gasteiger partial charge is 0.333 e. The third-order valence-corrected chi connectivity index (χ3v) is 3.19. The first-order valence-electron chi connectivity index (χ1n) is 5.15. The first-order valence-corrected chi connectivity index (χ1v) is 5.15. The molecule has 1 fully saturated rings. The molecule has 86 valence electrons. The van der Waals surface area contributed by atoms with E-state index in [0.29, 0.717) is 18.6 Å². The average Bonchev–Trinajstić information content (AvgIpc) is 3.09. The lowest BCUT2D eigenvalue weighted by Gasteiger charge is -2.19. The molecule has 1 saturated carbocycles. The zero-order valence-corrected chi connectivity index (χ0v) is 9.01. The van der Waals surface area contributed by atoms with Crippen molar-refractivity contribution < 1.29 is 19.7 Å². The van der Waals surface area contributed by atoms with E-state index >= 15 is 0 Å². The van der Waals surface area contributed by atoms with Crippen molar-refractivity contribution in [2.75, 3.05) is 7.11 Å². The van der Waals surface area contributed by atoms with Crippen LogP contribution in [-0.2, 0) is 10.2 Å². The van der Waals surface area contributed by atoms with Gasteiger partial charge in [-0.2, -0.15) is 0 Å². The number of aliphatic hydroxyl groups is 1. The molecular formula is C12H14O4. The summed E-state index contributed by atoms with van der Waals surface area (Å²) in [6.45, 7) is 0. The molecule has 1 unspecified atom stereocenters. The normalized spacial score (nSPS) is 18.9. The standard InChI is InChI=1S/C12H14O4/c1-16-9-4-2-3-8(7-9)12(5-6-12)10(13)11(14)15/h2-4,7,10,13H,5-6H2,1H3,(H,14,15). The maximum absolute atomic E-state index is 10.8. The summed E-state index contributed by atoms with van der Waals surface area (Å²) in [7, 11) is 1.56. The van der Waals surface area contributed by atoms with E-state index in [-0.39, 0.29) is 0 Å². The Morgan fingerprint density at radius 3 is 2.69 bits per heavy atom. The molecule has 2 N–H and O–H groups in total. The van der Waals surface area contributed by atoms with Gasteiger partial charge in [-0.1, -0.05) is 12.1 Å². The number of ether oxygens (including phenoxy) is 1. The van der Waals surface area contributed by atoms with E-state index in [1.807, 2.05) is 12.1 Å². The molecule has 16 heavy (non-hydrogen) atoms. The van der Waals surface area contributed by atoms with Crippen LogP contribution in [-0.4, -0.2) is 29.4 Å². The first kappa shape index (κ1) is 11.0. The molecule has 1 aliphatic rings. The molecule has 0 spiro atoms. The number of methoxy groups -OCH3 is 1. The van der Waals surface area contributed by atoms with Crippen molar-refractivity contribution in [2.24, 2.45) is 0 Å². The predicted octanol–water partition coefficient (Wildman–Crippen LogP) is 1.17. The summed E-state index contributed by atoms with van der Waals surface area (Å²) < 4.78 is 5.09. The monoisotopic (exact) mass is 222 g/mol. The maximum atomic E-state index is 10.8. The molecule has 1 aromatic carbocycles. The van der Waals surface area contributed by atoms with E-state index in [4.69, 9.17) is 9.84 Å². The van der Waals surface area contributed by atoms with Crippen molar-refractivity contribution >= 4 is 5.97 Å². The molecule has 0 heterocycles. The van der Waals surface area contributed by atoms with Gasteiger partial charge in [0.2, 0.25) is 0 Å². The fourth-order valence-corrected chi connectivity index (χ4v) is 2.02. The summed E-state index contributed by atoms with van der Waals surface area (Å²) in [6, 6.07) is 7.23. The van der Waals surface area contributed by atoms with Crippen molar-refractivity contribution in [3.63, 3.8) is 0 Å². The van der Waals surface area contributed by atoms with Gasteiger partial charge in [-0.25, -0.2) is 4.79 Å². The highest BCUT2D eigenvalue weighted by atomic mass is 16.5. The number of carboxylic acid groups (broad SMARTS) is 1. The van der Waals surface area contributed by atoms with Gasteiger partial charge in [0.1, 0.15) is 5.75 Å². The minimum Gasteiger partial charge on any atom is -0.497 e. The van der Waals surface area contributed by atoms with Crippen LogP contribution in [0.1, 0.15) is 18.4 Å². The number of rotatable bonds is 4. The lowest BCUT2D eigenvalue weighted by molar-refractivity contribution is -0.148. The summed E-state index contributed by atoms with van der Waals surface area (Å²) in [5, 5.41) is 18.6. The van der Waals surface area contributed by atoms with Crippen molar-refractivity contribution in [2.45, 2.75) is 24.4 Å². The summed E-state index contributed by atoms with van der Waals surface area (Å²) >= 11 is 0. The fraction of sp³-hybridized carbons (Fsp3) is 0.417. The lowest BCUT2D eigenvalue weighted by Crippen LogP contribution is -2.33. The third kappa shape index (κ3) is 1.65. The quantitative estimate of drug-likeness (QED) is 0.802. The zero-order valence-electron chi connectivity index (χ0n) is 9.01. The SMILES string of the molecule is COc1cccc(C2(C(O)C(=O)O)CC2)c1. The van der Waals surface area contributed by atoms with E-state index in [0.717, 1.165) is 5.56 Å². The molecule has 0 saturated heterocycles. The van der Waals surface area contributed by atoms with Gasteiger partial charge >= 0.3 is 5.97 Å². The van der Waals surface area contributed by atoms with Gasteiger partial charge in [-0.05, 0) is 30.5 Å². The molecule has 0 amide bonds. The highest BCUT2D eigenvalue weighted by Gasteiger charge is 2.53. The lowest BCUT2D eigenvalue weighted by atomic mass is 9.90. The van der Waals surface area contributed by atoms with Crippen LogP contribution in [0.3, 0.4) is 0 Å². The van der Waals surface area contributed by atoms with Crippen LogP contribution in [0.4, 0.5) is 0 Å². The molecule has 0 aliphatic heterocycles. The van der Waals surface area contributed by atoms with E-state index in [2.05, 4.69) is 0 Å². The van der Waals surface area contributed by atoms with Crippen LogP contribution in [0.25, 0.3) is 0 Å². The second kappa shape index (κ2) is 3.79. The predicted molar refractivity (Wildman–Crippen MR) is 57.5 cm³/mol. The summed E-state index contributed by atoms with van der Waals surface area (Å²) in [4.78, 5) is 10.8. The molecule has 2 rings (SSSR count). The van der Waals surface area contributed by atoms with Crippen LogP contribution in [0.2, 0.25) is 0 Å². The molecule has 1 atom stereocenters. The Hall–Kier alpha value is -1.55. The molecule has 4 nitrogen and oxygen atoms in total. The second-order valence-electron chi connectivity index (χ2n) is 4.13. The fourth-order valence-electron chi connectivity index (χ4n) is 2.02. The zero-order chi connectivity index (χ0) is 11.8. The molecule has 4 heteroatoms. The van der Waals surface area contributed by atoms with Gasteiger partial charge in [0.25, 0.3) is 0 Å². The van der Waals surface area contributed by atoms with Gasteiger partial charge in [-0.15, -0.1) is 0 Å². The minimum absolute atomic E-state index is 0.611. The minimum atomic E-state index is -1.33. The van der Waals surface area contributed by atoms with Gasteiger partial charge in [0.15, 0.2) is 6.10 Å². The molecule has 0 aromatic heterocycles. The topological polar surface area (TPSA) is 66.8 Å². The van der Waals surface area contributed by atoms with Crippen LogP contribution < -0.4 is 4.74 Å². The van der Waals surface area contributed by atoms with Crippen LogP contribution in [0.15, 0.2) is 24.3 Å². The highest BCUT2D eigenvalue weighted by molar-refractivity contribution is 5.75. The molecular weight excluding hydrogens is 208 g/mol. The van der Waals surface area contributed by atoms with E-state index in [1.54, 1.807) is 19.2 Å². The Kier molecular flexibility index (Phi) is 2.59. The summed E-state index contributed by atoms with van der Waals surface area (Å²) in [6.07, 6.45) is 0.0703. The number of hydrogen-bond acceptors (Lipinski definition) is 3. The number of aliphatic hydroxyl groups excluding tert-OH is 1. The van der Waals surface area contributed by atoms with E-state index < -0.39 is 17.5 Å². The highest BCUT2D eigenvalue weighted by Crippen LogP contribution is 2.51. The number of carboxylic acids is 1. The molecule has 1 aliphatic carbocycles. The van der Waals surface area contributed by atoms with Gasteiger partial charge in [0.05, 0.1) is 7.11 Å². The van der Waals surface area contributed by atoms with Crippen LogP contribution >= 0.6 is 0 Å². The van der Waals surface area contributed by atoms with Gasteiger partial charge in [0, 0.05) is 5.41 Å². The molecule has 0 bridgehead atoms. The first-order chi connectivity index (χ1) is 7.60. The Bertz CT molecular complexity index is 409. The number of carbonyl (C=O) groups is 1. The van der Waals surface area contributed by atoms with Crippen molar-refractivity contribution in [1.29, 1.82) is 0 Å². The van der Waals surface area contributed by atoms with E-state index in [1.165, 1.54) is 0 Å². The van der Waals surface area contributed by atoms with Crippen LogP contribution in [0.5, 0.6) is 5.75 Å². The van der Waals surface area contributed by atoms with Crippen molar-refractivity contribution in [3.8, 4) is 5.75 Å². The number of benzene rings is 1. The van der Waals surface area contributed by atoms with Crippen molar-refractivity contribution in [3.05, 3.63) is 29.8 Å². The number of hydrogen-bond donors (Lipinski definition) is 2. The van der Waals surface area contributed by atoms with Crippen molar-refractivity contribution in [1.82, 2.24) is 0 Å².